The summed E-state index contributed by atoms with van der Waals surface area (Å²) in [7, 11) is 0. The Kier molecular flexibility index (Phi) is 11.7. The second-order valence-corrected chi connectivity index (χ2v) is 17.5. The molecule has 0 radical (unpaired) electrons. The second kappa shape index (κ2) is 19.1. The van der Waals surface area contributed by atoms with E-state index < -0.39 is 0 Å². The average Bonchev–Trinajstić information content (AvgIpc) is 4.24. The van der Waals surface area contributed by atoms with Gasteiger partial charge in [-0.2, -0.15) is 58.7 Å². The molecule has 7 heteroatoms. The molecule has 0 atom stereocenters. The number of fused-ring (bicyclic) bond motifs is 3. The van der Waals surface area contributed by atoms with Crippen molar-refractivity contribution in [2.45, 2.75) is 0 Å². The van der Waals surface area contributed by atoms with Crippen molar-refractivity contribution < 1.29 is 24.5 Å². The quantitative estimate of drug-likeness (QED) is 0.128. The van der Waals surface area contributed by atoms with Gasteiger partial charge >= 0.3 is 20.1 Å². The fourth-order valence-electron chi connectivity index (χ4n) is 9.71. The molecular weight excluding hydrogens is 1060 g/mol. The number of furan rings is 1. The molecule has 340 valence electrons. The normalized spacial score (nSPS) is 11.2. The van der Waals surface area contributed by atoms with Gasteiger partial charge < -0.3 is 9.40 Å². The van der Waals surface area contributed by atoms with Crippen LogP contribution in [0.15, 0.2) is 248 Å². The third-order valence-corrected chi connectivity index (χ3v) is 13.2. The third kappa shape index (κ3) is 8.37. The van der Waals surface area contributed by atoms with Gasteiger partial charge in [0.25, 0.3) is 0 Å². The summed E-state index contributed by atoms with van der Waals surface area (Å²) in [6.07, 6.45) is 10.0. The Morgan fingerprint density at radius 1 is 0.347 bits per heavy atom. The maximum Gasteiger partial charge on any atom is 3.00 e. The van der Waals surface area contributed by atoms with Crippen molar-refractivity contribution in [2.24, 2.45) is 0 Å². The van der Waals surface area contributed by atoms with E-state index in [1.165, 1.54) is 0 Å². The van der Waals surface area contributed by atoms with Crippen molar-refractivity contribution in [3.05, 3.63) is 262 Å². The summed E-state index contributed by atoms with van der Waals surface area (Å²) < 4.78 is 9.99. The minimum atomic E-state index is 0. The van der Waals surface area contributed by atoms with Crippen LogP contribution in [0.3, 0.4) is 0 Å². The van der Waals surface area contributed by atoms with Crippen molar-refractivity contribution in [2.75, 3.05) is 0 Å². The van der Waals surface area contributed by atoms with Crippen LogP contribution in [0.25, 0.3) is 122 Å². The van der Waals surface area contributed by atoms with Crippen molar-refractivity contribution >= 4 is 21.9 Å². The molecule has 0 spiro atoms. The Morgan fingerprint density at radius 2 is 0.833 bits per heavy atom. The molecule has 0 saturated heterocycles. The number of pyridine rings is 1. The molecule has 9 aromatic carbocycles. The molecule has 0 unspecified atom stereocenters. The van der Waals surface area contributed by atoms with Crippen molar-refractivity contribution in [1.29, 1.82) is 0 Å². The van der Waals surface area contributed by atoms with E-state index in [0.717, 1.165) is 122 Å². The molecule has 4 aromatic heterocycles. The number of hydrogen-bond acceptors (Lipinski definition) is 4. The van der Waals surface area contributed by atoms with Crippen molar-refractivity contribution in [3.8, 4) is 101 Å². The molecule has 0 fully saturated rings. The molecule has 0 aliphatic rings. The van der Waals surface area contributed by atoms with Crippen LogP contribution >= 0.6 is 0 Å². The van der Waals surface area contributed by atoms with Gasteiger partial charge in [0.1, 0.15) is 11.2 Å². The average molecular weight is 1100 g/mol. The predicted molar refractivity (Wildman–Crippen MR) is 286 cm³/mol. The third-order valence-electron chi connectivity index (χ3n) is 13.2. The Balaban J connectivity index is 0.00000530. The molecule has 6 nitrogen and oxygen atoms in total. The standard InChI is InChI=1S/C65H40N5O.Ir/c1-3-18-53(19-4-1)69-42-51(40-67-69)59-26-11-9-24-57(59)49-35-48(36-50(37-49)58-25-10-12-27-60(58)52-41-68-70(43-52)54-20-5-2-6-21-54)56-23-8-7-22-55(56)47-31-33-63(66-39-47)46-17-15-16-44(34-46)45-30-32-62-61-28-13-14-29-64(61)71-65(62)38-45;/h1-16,18,20,22-43H;/q-3;+3. The van der Waals surface area contributed by atoms with Gasteiger partial charge in [0, 0.05) is 40.5 Å². The molecule has 4 heterocycles. The van der Waals surface area contributed by atoms with E-state index in [9.17, 15) is 0 Å². The Morgan fingerprint density at radius 3 is 1.38 bits per heavy atom. The predicted octanol–water partition coefficient (Wildman–Crippen LogP) is 16.1. The summed E-state index contributed by atoms with van der Waals surface area (Å²) in [5, 5.41) is 11.8. The topological polar surface area (TPSA) is 61.7 Å². The summed E-state index contributed by atoms with van der Waals surface area (Å²) >= 11 is 0. The molecule has 0 bridgehead atoms. The van der Waals surface area contributed by atoms with Crippen LogP contribution in [0.1, 0.15) is 0 Å². The Bertz CT molecular complexity index is 3920. The van der Waals surface area contributed by atoms with Crippen molar-refractivity contribution in [3.63, 3.8) is 0 Å². The number of nitrogens with zero attached hydrogens (tertiary/aromatic N) is 5. The van der Waals surface area contributed by atoms with Gasteiger partial charge in [0.2, 0.25) is 0 Å². The summed E-state index contributed by atoms with van der Waals surface area (Å²) in [6, 6.07) is 83.6. The van der Waals surface area contributed by atoms with Gasteiger partial charge in [0.15, 0.2) is 0 Å². The minimum Gasteiger partial charge on any atom is -0.456 e. The van der Waals surface area contributed by atoms with E-state index in [2.05, 4.69) is 170 Å². The fourth-order valence-corrected chi connectivity index (χ4v) is 9.71. The van der Waals surface area contributed by atoms with E-state index in [1.807, 2.05) is 101 Å². The number of para-hydroxylation sites is 3. The second-order valence-electron chi connectivity index (χ2n) is 17.5. The molecule has 0 aliphatic heterocycles. The van der Waals surface area contributed by atoms with Gasteiger partial charge in [-0.15, -0.1) is 47.5 Å². The van der Waals surface area contributed by atoms with Crippen LogP contribution in [-0.2, 0) is 20.1 Å². The van der Waals surface area contributed by atoms with Crippen LogP contribution in [0.5, 0.6) is 0 Å². The van der Waals surface area contributed by atoms with Gasteiger partial charge in [-0.3, -0.25) is 9.36 Å². The van der Waals surface area contributed by atoms with Gasteiger partial charge in [0.05, 0.1) is 12.4 Å². The molecule has 0 saturated carbocycles. The molecule has 72 heavy (non-hydrogen) atoms. The number of aromatic nitrogens is 5. The first-order valence-corrected chi connectivity index (χ1v) is 23.5. The molecule has 0 aliphatic carbocycles. The van der Waals surface area contributed by atoms with Gasteiger partial charge in [-0.1, -0.05) is 109 Å². The number of hydrogen-bond donors (Lipinski definition) is 0. The molecule has 13 aromatic rings. The molecule has 0 N–H and O–H groups in total. The number of benzene rings is 9. The Labute approximate surface area is 430 Å². The van der Waals surface area contributed by atoms with Crippen molar-refractivity contribution in [1.82, 2.24) is 24.5 Å². The van der Waals surface area contributed by atoms with Crippen LogP contribution in [0, 0.1) is 18.2 Å². The van der Waals surface area contributed by atoms with Crippen LogP contribution in [0.4, 0.5) is 0 Å². The maximum absolute atomic E-state index is 6.23. The molecule has 0 amide bonds. The summed E-state index contributed by atoms with van der Waals surface area (Å²) in [6.45, 7) is 0. The van der Waals surface area contributed by atoms with Crippen LogP contribution in [-0.4, -0.2) is 24.5 Å². The molecular formula is C65H40IrN5O. The van der Waals surface area contributed by atoms with E-state index in [-0.39, 0.29) is 20.1 Å². The summed E-state index contributed by atoms with van der Waals surface area (Å²) in [5.74, 6) is 0. The Hall–Kier alpha value is -9.00. The maximum atomic E-state index is 6.23. The van der Waals surface area contributed by atoms with E-state index >= 15 is 0 Å². The largest absolute Gasteiger partial charge is 3.00 e. The van der Waals surface area contributed by atoms with Crippen LogP contribution in [0.2, 0.25) is 0 Å². The first-order valence-electron chi connectivity index (χ1n) is 23.5. The summed E-state index contributed by atoms with van der Waals surface area (Å²) in [5.41, 5.74) is 20.2. The first kappa shape index (κ1) is 44.2. The summed E-state index contributed by atoms with van der Waals surface area (Å²) in [4.78, 5) is 5.07. The monoisotopic (exact) mass is 1100 g/mol. The van der Waals surface area contributed by atoms with Gasteiger partial charge in [-0.05, 0) is 115 Å². The van der Waals surface area contributed by atoms with E-state index in [0.29, 0.717) is 0 Å². The van der Waals surface area contributed by atoms with Gasteiger partial charge in [-0.25, -0.2) is 0 Å². The smallest absolute Gasteiger partial charge is 0.456 e. The van der Waals surface area contributed by atoms with E-state index in [4.69, 9.17) is 19.6 Å². The first-order chi connectivity index (χ1) is 35.2. The fraction of sp³-hybridized carbons (Fsp3) is 0. The SMILES string of the molecule is [Ir+3].[c-]1ccc(-c2ccc3c(c2)oc2ccccc23)cc1-c1ccc(-c2ccccc2-c2cc(-c3ccccc3-c3cnn(-c4[c-]cccc4)c3)cc(-c3ccccc3-c3cnn(-c4[c-]cccc4)c3)c2)cn1. The zero-order valence-corrected chi connectivity index (χ0v) is 41.0. The minimum absolute atomic E-state index is 0. The zero-order valence-electron chi connectivity index (χ0n) is 38.6. The molecule has 13 rings (SSSR count). The zero-order chi connectivity index (χ0) is 47.1. The van der Waals surface area contributed by atoms with E-state index in [1.54, 1.807) is 0 Å². The van der Waals surface area contributed by atoms with Crippen LogP contribution < -0.4 is 0 Å². The number of rotatable bonds is 10.